The van der Waals surface area contributed by atoms with Crippen molar-refractivity contribution in [1.29, 1.82) is 0 Å². The Bertz CT molecular complexity index is 415. The molecule has 3 N–H and O–H groups in total. The van der Waals surface area contributed by atoms with Crippen molar-refractivity contribution < 1.29 is 9.84 Å². The standard InChI is InChI=1S/C16H26N2O2/c1-2-20-16(8-5-3-4-6-9-16)14(19)11-13-7-10-18-15(17)12-13/h7,10,12,14,19H,2-6,8-9,11H2,1H3,(H2,17,18). The first-order valence-electron chi connectivity index (χ1n) is 7.69. The van der Waals surface area contributed by atoms with Crippen LogP contribution in [-0.2, 0) is 11.2 Å². The van der Waals surface area contributed by atoms with E-state index >= 15 is 0 Å². The average molecular weight is 278 g/mol. The molecule has 1 fully saturated rings. The number of nitrogens with zero attached hydrogens (tertiary/aromatic N) is 1. The summed E-state index contributed by atoms with van der Waals surface area (Å²) in [6.07, 6.45) is 8.43. The van der Waals surface area contributed by atoms with Gasteiger partial charge >= 0.3 is 0 Å². The molecule has 4 nitrogen and oxygen atoms in total. The molecule has 0 bridgehead atoms. The Morgan fingerprint density at radius 3 is 2.65 bits per heavy atom. The molecule has 0 saturated heterocycles. The maximum Gasteiger partial charge on any atom is 0.123 e. The van der Waals surface area contributed by atoms with Gasteiger partial charge in [0.15, 0.2) is 0 Å². The number of ether oxygens (including phenoxy) is 1. The fraction of sp³-hybridized carbons (Fsp3) is 0.688. The van der Waals surface area contributed by atoms with Gasteiger partial charge in [-0.3, -0.25) is 0 Å². The number of anilines is 1. The van der Waals surface area contributed by atoms with Crippen molar-refractivity contribution in [1.82, 2.24) is 4.98 Å². The van der Waals surface area contributed by atoms with Gasteiger partial charge in [-0.1, -0.05) is 25.7 Å². The first-order chi connectivity index (χ1) is 9.66. The van der Waals surface area contributed by atoms with Gasteiger partial charge in [-0.15, -0.1) is 0 Å². The predicted molar refractivity (Wildman–Crippen MR) is 80.4 cm³/mol. The third kappa shape index (κ3) is 3.70. The van der Waals surface area contributed by atoms with Gasteiger partial charge in [0.2, 0.25) is 0 Å². The number of nitrogens with two attached hydrogens (primary N) is 1. The number of rotatable bonds is 5. The quantitative estimate of drug-likeness (QED) is 0.813. The molecule has 1 atom stereocenters. The van der Waals surface area contributed by atoms with Crippen LogP contribution in [0.25, 0.3) is 0 Å². The van der Waals surface area contributed by atoms with E-state index in [0.29, 0.717) is 18.8 Å². The lowest BCUT2D eigenvalue weighted by Gasteiger charge is -2.37. The number of aromatic nitrogens is 1. The summed E-state index contributed by atoms with van der Waals surface area (Å²) < 4.78 is 6.02. The molecule has 1 unspecified atom stereocenters. The highest BCUT2D eigenvalue weighted by Gasteiger charge is 2.38. The SMILES string of the molecule is CCOC1(C(O)Cc2ccnc(N)c2)CCCCCC1. The number of hydrogen-bond acceptors (Lipinski definition) is 4. The topological polar surface area (TPSA) is 68.4 Å². The van der Waals surface area contributed by atoms with Gasteiger partial charge in [-0.2, -0.15) is 0 Å². The van der Waals surface area contributed by atoms with Gasteiger partial charge in [0, 0.05) is 19.2 Å². The predicted octanol–water partition coefficient (Wildman–Crippen LogP) is 2.70. The Hall–Kier alpha value is -1.13. The van der Waals surface area contributed by atoms with E-state index < -0.39 is 6.10 Å². The lowest BCUT2D eigenvalue weighted by molar-refractivity contribution is -0.128. The number of aliphatic hydroxyl groups excluding tert-OH is 1. The number of aliphatic hydroxyl groups is 1. The lowest BCUT2D eigenvalue weighted by Crippen LogP contribution is -2.46. The second-order valence-corrected chi connectivity index (χ2v) is 5.72. The fourth-order valence-corrected chi connectivity index (χ4v) is 3.22. The molecule has 0 aromatic carbocycles. The van der Waals surface area contributed by atoms with Crippen LogP contribution in [0, 0.1) is 0 Å². The Labute approximate surface area is 121 Å². The zero-order valence-corrected chi connectivity index (χ0v) is 12.3. The Balaban J connectivity index is 2.11. The molecule has 1 heterocycles. The summed E-state index contributed by atoms with van der Waals surface area (Å²) in [4.78, 5) is 3.99. The smallest absolute Gasteiger partial charge is 0.123 e. The molecule has 1 aromatic rings. The summed E-state index contributed by atoms with van der Waals surface area (Å²) >= 11 is 0. The lowest BCUT2D eigenvalue weighted by atomic mass is 9.85. The van der Waals surface area contributed by atoms with E-state index in [9.17, 15) is 5.11 Å². The molecular formula is C16H26N2O2. The van der Waals surface area contributed by atoms with E-state index in [1.165, 1.54) is 12.8 Å². The number of pyridine rings is 1. The molecule has 0 spiro atoms. The number of hydrogen-bond donors (Lipinski definition) is 2. The van der Waals surface area contributed by atoms with Crippen LogP contribution in [0.4, 0.5) is 5.82 Å². The highest BCUT2D eigenvalue weighted by molar-refractivity contribution is 5.32. The minimum atomic E-state index is -0.484. The monoisotopic (exact) mass is 278 g/mol. The van der Waals surface area contributed by atoms with Crippen molar-refractivity contribution in [3.63, 3.8) is 0 Å². The van der Waals surface area contributed by atoms with Crippen LogP contribution >= 0.6 is 0 Å². The van der Waals surface area contributed by atoms with Crippen molar-refractivity contribution in [2.75, 3.05) is 12.3 Å². The third-order valence-corrected chi connectivity index (χ3v) is 4.26. The molecule has 1 aliphatic carbocycles. The van der Waals surface area contributed by atoms with Crippen LogP contribution in [-0.4, -0.2) is 28.4 Å². The van der Waals surface area contributed by atoms with Crippen LogP contribution in [0.1, 0.15) is 51.0 Å². The molecule has 1 saturated carbocycles. The second-order valence-electron chi connectivity index (χ2n) is 5.72. The van der Waals surface area contributed by atoms with Crippen LogP contribution in [0.5, 0.6) is 0 Å². The highest BCUT2D eigenvalue weighted by Crippen LogP contribution is 2.34. The maximum atomic E-state index is 10.7. The van der Waals surface area contributed by atoms with Crippen molar-refractivity contribution in [2.24, 2.45) is 0 Å². The van der Waals surface area contributed by atoms with Crippen molar-refractivity contribution in [3.8, 4) is 0 Å². The summed E-state index contributed by atoms with van der Waals surface area (Å²) in [6.45, 7) is 2.65. The Morgan fingerprint density at radius 1 is 1.35 bits per heavy atom. The van der Waals surface area contributed by atoms with E-state index in [4.69, 9.17) is 10.5 Å². The van der Waals surface area contributed by atoms with Gasteiger partial charge in [0.1, 0.15) is 5.82 Å². The average Bonchev–Trinajstić information content (AvgIpc) is 2.66. The molecule has 0 amide bonds. The molecule has 1 aromatic heterocycles. The van der Waals surface area contributed by atoms with Gasteiger partial charge in [-0.05, 0) is 37.5 Å². The molecule has 112 valence electrons. The van der Waals surface area contributed by atoms with E-state index in [2.05, 4.69) is 4.98 Å². The van der Waals surface area contributed by atoms with Crippen LogP contribution < -0.4 is 5.73 Å². The fourth-order valence-electron chi connectivity index (χ4n) is 3.22. The summed E-state index contributed by atoms with van der Waals surface area (Å²) in [5, 5.41) is 10.7. The second kappa shape index (κ2) is 7.04. The molecule has 20 heavy (non-hydrogen) atoms. The van der Waals surface area contributed by atoms with Crippen LogP contribution in [0.15, 0.2) is 18.3 Å². The molecule has 0 radical (unpaired) electrons. The third-order valence-electron chi connectivity index (χ3n) is 4.26. The molecule has 0 aliphatic heterocycles. The van der Waals surface area contributed by atoms with E-state index in [1.54, 1.807) is 6.20 Å². The summed E-state index contributed by atoms with van der Waals surface area (Å²) in [7, 11) is 0. The molecule has 4 heteroatoms. The maximum absolute atomic E-state index is 10.7. The van der Waals surface area contributed by atoms with Gasteiger partial charge < -0.3 is 15.6 Å². The minimum Gasteiger partial charge on any atom is -0.390 e. The highest BCUT2D eigenvalue weighted by atomic mass is 16.5. The molecule has 1 aliphatic rings. The Kier molecular flexibility index (Phi) is 5.38. The largest absolute Gasteiger partial charge is 0.390 e. The molecule has 2 rings (SSSR count). The van der Waals surface area contributed by atoms with Gasteiger partial charge in [0.25, 0.3) is 0 Å². The van der Waals surface area contributed by atoms with Crippen LogP contribution in [0.2, 0.25) is 0 Å². The first kappa shape index (κ1) is 15.3. The zero-order chi connectivity index (χ0) is 14.4. The zero-order valence-electron chi connectivity index (χ0n) is 12.3. The van der Waals surface area contributed by atoms with Gasteiger partial charge in [-0.25, -0.2) is 4.98 Å². The summed E-state index contributed by atoms with van der Waals surface area (Å²) in [5.41, 5.74) is 6.34. The first-order valence-corrected chi connectivity index (χ1v) is 7.69. The van der Waals surface area contributed by atoms with E-state index in [1.807, 2.05) is 19.1 Å². The van der Waals surface area contributed by atoms with Gasteiger partial charge in [0.05, 0.1) is 11.7 Å². The number of nitrogen functional groups attached to an aromatic ring is 1. The van der Waals surface area contributed by atoms with Crippen molar-refractivity contribution in [3.05, 3.63) is 23.9 Å². The summed E-state index contributed by atoms with van der Waals surface area (Å²) in [5.74, 6) is 0.501. The van der Waals surface area contributed by atoms with Crippen molar-refractivity contribution in [2.45, 2.75) is 63.6 Å². The van der Waals surface area contributed by atoms with E-state index in [0.717, 1.165) is 31.2 Å². The van der Waals surface area contributed by atoms with Crippen molar-refractivity contribution >= 4 is 5.82 Å². The van der Waals surface area contributed by atoms with E-state index in [-0.39, 0.29) is 5.60 Å². The minimum absolute atomic E-state index is 0.386. The normalized spacial score (nSPS) is 20.3. The Morgan fingerprint density at radius 2 is 2.05 bits per heavy atom. The summed E-state index contributed by atoms with van der Waals surface area (Å²) in [6, 6.07) is 3.75. The molecular weight excluding hydrogens is 252 g/mol. The van der Waals surface area contributed by atoms with Crippen LogP contribution in [0.3, 0.4) is 0 Å².